The first-order valence-corrected chi connectivity index (χ1v) is 15.2. The highest BCUT2D eigenvalue weighted by Gasteiger charge is 2.33. The smallest absolute Gasteiger partial charge is 0.264 e. The van der Waals surface area contributed by atoms with Crippen LogP contribution in [0.15, 0.2) is 83.8 Å². The molecule has 0 fully saturated rings. The van der Waals surface area contributed by atoms with Crippen molar-refractivity contribution in [3.8, 4) is 0 Å². The normalized spacial score (nSPS) is 12.2. The second-order valence-electron chi connectivity index (χ2n) is 10.5. The van der Waals surface area contributed by atoms with Crippen molar-refractivity contribution < 1.29 is 18.0 Å². The Labute approximate surface area is 239 Å². The van der Waals surface area contributed by atoms with Crippen molar-refractivity contribution >= 4 is 27.5 Å². The summed E-state index contributed by atoms with van der Waals surface area (Å²) in [5, 5.41) is 2.96. The number of hydrogen-bond donors (Lipinski definition) is 1. The summed E-state index contributed by atoms with van der Waals surface area (Å²) in [5.74, 6) is -0.410. The highest BCUT2D eigenvalue weighted by atomic mass is 32.2. The second kappa shape index (κ2) is 14.1. The van der Waals surface area contributed by atoms with Gasteiger partial charge in [0.2, 0.25) is 11.8 Å². The Morgan fingerprint density at radius 3 is 2.15 bits per heavy atom. The van der Waals surface area contributed by atoms with E-state index in [0.29, 0.717) is 25.1 Å². The Balaban J connectivity index is 1.99. The summed E-state index contributed by atoms with van der Waals surface area (Å²) in [6.45, 7) is 9.99. The van der Waals surface area contributed by atoms with E-state index in [9.17, 15) is 18.0 Å². The number of nitrogens with one attached hydrogen (secondary N) is 1. The Hall–Kier alpha value is -3.65. The van der Waals surface area contributed by atoms with E-state index in [2.05, 4.69) is 5.32 Å². The van der Waals surface area contributed by atoms with Crippen LogP contribution in [0.2, 0.25) is 0 Å². The molecule has 0 saturated heterocycles. The number of sulfonamides is 1. The van der Waals surface area contributed by atoms with Gasteiger partial charge in [0, 0.05) is 13.1 Å². The van der Waals surface area contributed by atoms with Crippen molar-refractivity contribution in [3.63, 3.8) is 0 Å². The van der Waals surface area contributed by atoms with Gasteiger partial charge in [0.25, 0.3) is 10.0 Å². The fourth-order valence-electron chi connectivity index (χ4n) is 4.47. The lowest BCUT2D eigenvalue weighted by Gasteiger charge is -2.33. The van der Waals surface area contributed by atoms with E-state index in [1.54, 1.807) is 42.5 Å². The minimum atomic E-state index is -4.07. The number of hydrogen-bond acceptors (Lipinski definition) is 4. The average molecular weight is 564 g/mol. The number of rotatable bonds is 13. The molecule has 1 atom stereocenters. The van der Waals surface area contributed by atoms with Crippen molar-refractivity contribution in [3.05, 3.63) is 95.6 Å². The maximum Gasteiger partial charge on any atom is 0.264 e. The van der Waals surface area contributed by atoms with Crippen LogP contribution >= 0.6 is 0 Å². The minimum absolute atomic E-state index is 0.102. The van der Waals surface area contributed by atoms with Crippen molar-refractivity contribution in [1.29, 1.82) is 0 Å². The Bertz CT molecular complexity index is 1370. The molecule has 0 bridgehead atoms. The molecule has 1 N–H and O–H groups in total. The van der Waals surface area contributed by atoms with E-state index in [1.807, 2.05) is 71.0 Å². The standard InChI is InChI=1S/C32H41N3O4S/c1-6-30(32(37)33-22-24(2)3)34(20-19-27-12-8-7-9-13-27)31(36)23-35(28-14-10-11-26(5)21-28)40(38,39)29-17-15-25(4)16-18-29/h7-18,21,24,30H,6,19-20,22-23H2,1-5H3,(H,33,37)/t30-/m0/s1. The number of nitrogens with zero attached hydrogens (tertiary/aromatic N) is 2. The molecule has 7 nitrogen and oxygen atoms in total. The van der Waals surface area contributed by atoms with Gasteiger partial charge in [0.1, 0.15) is 12.6 Å². The van der Waals surface area contributed by atoms with E-state index < -0.39 is 28.5 Å². The predicted molar refractivity (Wildman–Crippen MR) is 161 cm³/mol. The van der Waals surface area contributed by atoms with Gasteiger partial charge in [-0.2, -0.15) is 0 Å². The molecular formula is C32H41N3O4S. The largest absolute Gasteiger partial charge is 0.354 e. The van der Waals surface area contributed by atoms with Crippen LogP contribution in [0.1, 0.15) is 43.9 Å². The number of carbonyl (C=O) groups excluding carboxylic acids is 2. The maximum atomic E-state index is 14.0. The quantitative estimate of drug-likeness (QED) is 0.313. The van der Waals surface area contributed by atoms with Crippen molar-refractivity contribution in [2.75, 3.05) is 23.9 Å². The monoisotopic (exact) mass is 563 g/mol. The number of benzene rings is 3. The van der Waals surface area contributed by atoms with Gasteiger partial charge >= 0.3 is 0 Å². The molecule has 8 heteroatoms. The van der Waals surface area contributed by atoms with Crippen LogP contribution in [0.5, 0.6) is 0 Å². The lowest BCUT2D eigenvalue weighted by molar-refractivity contribution is -0.139. The van der Waals surface area contributed by atoms with Crippen molar-refractivity contribution in [2.24, 2.45) is 5.92 Å². The zero-order valence-electron chi connectivity index (χ0n) is 24.1. The summed E-state index contributed by atoms with van der Waals surface area (Å²) in [7, 11) is -4.07. The topological polar surface area (TPSA) is 86.8 Å². The second-order valence-corrected chi connectivity index (χ2v) is 12.4. The van der Waals surface area contributed by atoms with Crippen LogP contribution in [0.25, 0.3) is 0 Å². The summed E-state index contributed by atoms with van der Waals surface area (Å²) in [5.41, 5.74) is 3.23. The van der Waals surface area contributed by atoms with E-state index in [4.69, 9.17) is 0 Å². The Morgan fingerprint density at radius 1 is 0.875 bits per heavy atom. The molecule has 214 valence electrons. The van der Waals surface area contributed by atoms with Crippen LogP contribution in [-0.2, 0) is 26.0 Å². The lowest BCUT2D eigenvalue weighted by Crippen LogP contribution is -2.53. The molecule has 0 spiro atoms. The molecule has 0 aliphatic carbocycles. The van der Waals surface area contributed by atoms with E-state index in [1.165, 1.54) is 4.90 Å². The van der Waals surface area contributed by atoms with Crippen molar-refractivity contribution in [1.82, 2.24) is 10.2 Å². The number of amides is 2. The molecular weight excluding hydrogens is 522 g/mol. The first kappa shape index (κ1) is 30.9. The van der Waals surface area contributed by atoms with E-state index in [0.717, 1.165) is 21.0 Å². The molecule has 0 aromatic heterocycles. The van der Waals surface area contributed by atoms with Crippen LogP contribution in [0, 0.1) is 19.8 Å². The van der Waals surface area contributed by atoms with Gasteiger partial charge in [-0.3, -0.25) is 13.9 Å². The van der Waals surface area contributed by atoms with Gasteiger partial charge in [-0.05, 0) is 68.0 Å². The van der Waals surface area contributed by atoms with Gasteiger partial charge in [-0.1, -0.05) is 80.9 Å². The molecule has 3 aromatic rings. The molecule has 0 aliphatic rings. The lowest BCUT2D eigenvalue weighted by atomic mass is 10.1. The van der Waals surface area contributed by atoms with E-state index in [-0.39, 0.29) is 23.3 Å². The fraction of sp³-hybridized carbons (Fsp3) is 0.375. The summed E-state index contributed by atoms with van der Waals surface area (Å²) >= 11 is 0. The molecule has 3 aromatic carbocycles. The maximum absolute atomic E-state index is 14.0. The molecule has 0 heterocycles. The molecule has 0 unspecified atom stereocenters. The summed E-state index contributed by atoms with van der Waals surface area (Å²) < 4.78 is 29.0. The molecule has 0 saturated carbocycles. The van der Waals surface area contributed by atoms with Gasteiger partial charge in [-0.15, -0.1) is 0 Å². The van der Waals surface area contributed by atoms with Crippen LogP contribution in [-0.4, -0.2) is 50.8 Å². The van der Waals surface area contributed by atoms with Crippen LogP contribution < -0.4 is 9.62 Å². The van der Waals surface area contributed by atoms with Gasteiger partial charge in [0.05, 0.1) is 10.6 Å². The Morgan fingerprint density at radius 2 is 1.55 bits per heavy atom. The van der Waals surface area contributed by atoms with E-state index >= 15 is 0 Å². The summed E-state index contributed by atoms with van der Waals surface area (Å²) in [6.07, 6.45) is 0.940. The fourth-order valence-corrected chi connectivity index (χ4v) is 5.87. The molecule has 0 radical (unpaired) electrons. The third-order valence-electron chi connectivity index (χ3n) is 6.73. The zero-order valence-corrected chi connectivity index (χ0v) is 24.9. The molecule has 2 amide bonds. The SMILES string of the molecule is CC[C@@H](C(=O)NCC(C)C)N(CCc1ccccc1)C(=O)CN(c1cccc(C)c1)S(=O)(=O)c1ccc(C)cc1. The third kappa shape index (κ3) is 8.18. The van der Waals surface area contributed by atoms with Gasteiger partial charge < -0.3 is 10.2 Å². The highest BCUT2D eigenvalue weighted by molar-refractivity contribution is 7.92. The van der Waals surface area contributed by atoms with Gasteiger partial charge in [-0.25, -0.2) is 8.42 Å². The Kier molecular flexibility index (Phi) is 10.9. The first-order chi connectivity index (χ1) is 19.0. The highest BCUT2D eigenvalue weighted by Crippen LogP contribution is 2.25. The third-order valence-corrected chi connectivity index (χ3v) is 8.52. The van der Waals surface area contributed by atoms with Crippen molar-refractivity contribution in [2.45, 2.75) is 58.4 Å². The number of carbonyl (C=O) groups is 2. The van der Waals surface area contributed by atoms with Crippen LogP contribution in [0.3, 0.4) is 0 Å². The molecule has 40 heavy (non-hydrogen) atoms. The molecule has 3 rings (SSSR count). The molecule has 0 aliphatic heterocycles. The summed E-state index contributed by atoms with van der Waals surface area (Å²) in [6, 6.07) is 22.7. The zero-order chi connectivity index (χ0) is 29.3. The summed E-state index contributed by atoms with van der Waals surface area (Å²) in [4.78, 5) is 28.9. The predicted octanol–water partition coefficient (Wildman–Crippen LogP) is 5.12. The minimum Gasteiger partial charge on any atom is -0.354 e. The van der Waals surface area contributed by atoms with Gasteiger partial charge in [0.15, 0.2) is 0 Å². The first-order valence-electron chi connectivity index (χ1n) is 13.8. The average Bonchev–Trinajstić information content (AvgIpc) is 2.93. The number of anilines is 1. The number of aryl methyl sites for hydroxylation is 2. The van der Waals surface area contributed by atoms with Crippen LogP contribution in [0.4, 0.5) is 5.69 Å².